The molecular weight excluding hydrogens is 320 g/mol. The maximum atomic E-state index is 5.97. The molecule has 0 saturated carbocycles. The average molecular weight is 334 g/mol. The molecule has 4 rings (SSSR count). The molecule has 2 aromatic carbocycles. The minimum atomic E-state index is 0.593. The maximum Gasteiger partial charge on any atom is 0.216 e. The molecule has 0 radical (unpaired) electrons. The van der Waals surface area contributed by atoms with Gasteiger partial charge in [0.15, 0.2) is 5.82 Å². The lowest BCUT2D eigenvalue weighted by molar-refractivity contribution is 0.824. The summed E-state index contributed by atoms with van der Waals surface area (Å²) < 4.78 is 1.46. The van der Waals surface area contributed by atoms with Crippen LogP contribution in [0.2, 0.25) is 0 Å². The zero-order chi connectivity index (χ0) is 16.5. The van der Waals surface area contributed by atoms with Crippen molar-refractivity contribution in [3.63, 3.8) is 0 Å². The fraction of sp³-hybridized carbons (Fsp3) is 0.0588. The molecule has 0 unspecified atom stereocenters. The van der Waals surface area contributed by atoms with E-state index in [0.29, 0.717) is 16.8 Å². The van der Waals surface area contributed by atoms with Crippen molar-refractivity contribution in [2.45, 2.75) is 17.1 Å². The van der Waals surface area contributed by atoms with E-state index in [4.69, 9.17) is 10.8 Å². The average Bonchev–Trinajstić information content (AvgIpc) is 2.94. The van der Waals surface area contributed by atoms with E-state index < -0.39 is 0 Å². The number of nitrogens with zero attached hydrogens (tertiary/aromatic N) is 5. The first-order chi connectivity index (χ1) is 11.7. The molecule has 0 aliphatic rings. The molecule has 0 saturated heterocycles. The van der Waals surface area contributed by atoms with E-state index in [1.54, 1.807) is 0 Å². The molecule has 2 heterocycles. The van der Waals surface area contributed by atoms with Crippen molar-refractivity contribution in [1.82, 2.24) is 24.8 Å². The van der Waals surface area contributed by atoms with Gasteiger partial charge in [0.1, 0.15) is 10.9 Å². The predicted octanol–water partition coefficient (Wildman–Crippen LogP) is 3.06. The Morgan fingerprint density at radius 1 is 0.917 bits per heavy atom. The van der Waals surface area contributed by atoms with Gasteiger partial charge >= 0.3 is 0 Å². The number of benzene rings is 2. The standard InChI is InChI=1S/C17H14N6S/c1-11-21-22-17(23(11)18)24-16-13-9-5-6-10-14(13)19-15(20-16)12-7-3-2-4-8-12/h2-10H,18H2,1H3. The minimum absolute atomic E-state index is 0.593. The number of fused-ring (bicyclic) bond motifs is 1. The minimum Gasteiger partial charge on any atom is -0.336 e. The van der Waals surface area contributed by atoms with Crippen LogP contribution in [0.1, 0.15) is 5.82 Å². The van der Waals surface area contributed by atoms with E-state index in [1.807, 2.05) is 61.5 Å². The second-order valence-electron chi connectivity index (χ2n) is 5.24. The number of nitrogens with two attached hydrogens (primary N) is 1. The summed E-state index contributed by atoms with van der Waals surface area (Å²) in [4.78, 5) is 9.41. The van der Waals surface area contributed by atoms with Gasteiger partial charge in [-0.15, -0.1) is 10.2 Å². The Kier molecular flexibility index (Phi) is 3.62. The largest absolute Gasteiger partial charge is 0.336 e. The summed E-state index contributed by atoms with van der Waals surface area (Å²) in [6.45, 7) is 1.81. The summed E-state index contributed by atoms with van der Waals surface area (Å²) in [5, 5.41) is 10.5. The SMILES string of the molecule is Cc1nnc(Sc2nc(-c3ccccc3)nc3ccccc23)n1N. The lowest BCUT2D eigenvalue weighted by Gasteiger charge is -2.08. The summed E-state index contributed by atoms with van der Waals surface area (Å²) in [6.07, 6.45) is 0. The Labute approximate surface area is 142 Å². The van der Waals surface area contributed by atoms with Gasteiger partial charge in [-0.25, -0.2) is 14.6 Å². The number of aromatic nitrogens is 5. The van der Waals surface area contributed by atoms with Gasteiger partial charge in [-0.1, -0.05) is 48.5 Å². The van der Waals surface area contributed by atoms with Gasteiger partial charge in [-0.05, 0) is 24.8 Å². The molecule has 0 fully saturated rings. The monoisotopic (exact) mass is 334 g/mol. The van der Waals surface area contributed by atoms with Gasteiger partial charge in [0.05, 0.1) is 5.52 Å². The first kappa shape index (κ1) is 14.6. The maximum absolute atomic E-state index is 5.97. The van der Waals surface area contributed by atoms with Crippen LogP contribution in [0.15, 0.2) is 64.8 Å². The van der Waals surface area contributed by atoms with Crippen LogP contribution in [0.3, 0.4) is 0 Å². The van der Waals surface area contributed by atoms with Crippen LogP contribution in [-0.2, 0) is 0 Å². The van der Waals surface area contributed by atoms with Crippen LogP contribution in [0, 0.1) is 6.92 Å². The van der Waals surface area contributed by atoms with Crippen LogP contribution in [0.4, 0.5) is 0 Å². The molecule has 24 heavy (non-hydrogen) atoms. The fourth-order valence-corrected chi connectivity index (χ4v) is 3.25. The number of nitrogen functional groups attached to an aromatic ring is 1. The number of para-hydroxylation sites is 1. The molecule has 0 spiro atoms. The second kappa shape index (κ2) is 5.93. The second-order valence-corrected chi connectivity index (χ2v) is 6.19. The molecule has 0 aliphatic carbocycles. The predicted molar refractivity (Wildman–Crippen MR) is 94.0 cm³/mol. The lowest BCUT2D eigenvalue weighted by atomic mass is 10.2. The molecule has 0 aliphatic heterocycles. The van der Waals surface area contributed by atoms with Crippen LogP contribution in [0.5, 0.6) is 0 Å². The van der Waals surface area contributed by atoms with E-state index in [0.717, 1.165) is 21.5 Å². The van der Waals surface area contributed by atoms with Crippen LogP contribution < -0.4 is 5.84 Å². The Morgan fingerprint density at radius 3 is 2.42 bits per heavy atom. The van der Waals surface area contributed by atoms with E-state index >= 15 is 0 Å². The summed E-state index contributed by atoms with van der Waals surface area (Å²) in [7, 11) is 0. The van der Waals surface area contributed by atoms with Crippen molar-refractivity contribution in [3.05, 3.63) is 60.4 Å². The van der Waals surface area contributed by atoms with Gasteiger partial charge in [0.2, 0.25) is 5.16 Å². The molecule has 0 bridgehead atoms. The van der Waals surface area contributed by atoms with Crippen LogP contribution in [-0.4, -0.2) is 24.8 Å². The summed E-state index contributed by atoms with van der Waals surface area (Å²) >= 11 is 1.39. The zero-order valence-corrected chi connectivity index (χ0v) is 13.7. The van der Waals surface area contributed by atoms with Gasteiger partial charge in [0.25, 0.3) is 0 Å². The highest BCUT2D eigenvalue weighted by Crippen LogP contribution is 2.31. The normalized spacial score (nSPS) is 11.0. The van der Waals surface area contributed by atoms with Crippen molar-refractivity contribution < 1.29 is 0 Å². The Bertz CT molecular complexity index is 1010. The lowest BCUT2D eigenvalue weighted by Crippen LogP contribution is -2.11. The van der Waals surface area contributed by atoms with E-state index in [1.165, 1.54) is 16.4 Å². The van der Waals surface area contributed by atoms with Gasteiger partial charge in [0, 0.05) is 10.9 Å². The first-order valence-electron chi connectivity index (χ1n) is 7.39. The topological polar surface area (TPSA) is 82.5 Å². The third kappa shape index (κ3) is 2.59. The number of hydrogen-bond donors (Lipinski definition) is 1. The van der Waals surface area contributed by atoms with E-state index in [-0.39, 0.29) is 0 Å². The Balaban J connectivity index is 1.88. The first-order valence-corrected chi connectivity index (χ1v) is 8.21. The van der Waals surface area contributed by atoms with Crippen molar-refractivity contribution in [2.24, 2.45) is 0 Å². The highest BCUT2D eigenvalue weighted by molar-refractivity contribution is 7.99. The molecule has 2 aromatic heterocycles. The number of rotatable bonds is 3. The quantitative estimate of drug-likeness (QED) is 0.458. The van der Waals surface area contributed by atoms with Crippen molar-refractivity contribution >= 4 is 22.7 Å². The third-order valence-electron chi connectivity index (χ3n) is 3.62. The van der Waals surface area contributed by atoms with Crippen molar-refractivity contribution in [1.29, 1.82) is 0 Å². The van der Waals surface area contributed by atoms with Crippen molar-refractivity contribution in [2.75, 3.05) is 5.84 Å². The summed E-state index contributed by atoms with van der Waals surface area (Å²) in [5.41, 5.74) is 1.85. The van der Waals surface area contributed by atoms with Gasteiger partial charge in [-0.3, -0.25) is 0 Å². The summed E-state index contributed by atoms with van der Waals surface area (Å²) in [6, 6.07) is 17.8. The van der Waals surface area contributed by atoms with Crippen LogP contribution in [0.25, 0.3) is 22.3 Å². The van der Waals surface area contributed by atoms with E-state index in [2.05, 4.69) is 15.2 Å². The van der Waals surface area contributed by atoms with Gasteiger partial charge < -0.3 is 5.84 Å². The molecule has 0 amide bonds. The number of hydrogen-bond acceptors (Lipinski definition) is 6. The molecule has 7 heteroatoms. The Morgan fingerprint density at radius 2 is 1.67 bits per heavy atom. The summed E-state index contributed by atoms with van der Waals surface area (Å²) in [5.74, 6) is 7.30. The third-order valence-corrected chi connectivity index (χ3v) is 4.59. The molecule has 118 valence electrons. The zero-order valence-electron chi connectivity index (χ0n) is 12.9. The number of aryl methyl sites for hydroxylation is 1. The van der Waals surface area contributed by atoms with Gasteiger partial charge in [-0.2, -0.15) is 0 Å². The van der Waals surface area contributed by atoms with E-state index in [9.17, 15) is 0 Å². The molecule has 4 aromatic rings. The highest BCUT2D eigenvalue weighted by atomic mass is 32.2. The smallest absolute Gasteiger partial charge is 0.216 e. The molecular formula is C17H14N6S. The highest BCUT2D eigenvalue weighted by Gasteiger charge is 2.14. The molecule has 2 N–H and O–H groups in total. The van der Waals surface area contributed by atoms with Crippen LogP contribution >= 0.6 is 11.8 Å². The molecule has 6 nitrogen and oxygen atoms in total. The fourth-order valence-electron chi connectivity index (χ4n) is 2.35. The molecule has 0 atom stereocenters. The Hall–Kier alpha value is -2.93. The van der Waals surface area contributed by atoms with Crippen molar-refractivity contribution in [3.8, 4) is 11.4 Å².